The van der Waals surface area contributed by atoms with E-state index in [1.165, 1.54) is 6.07 Å². The molecule has 0 aliphatic heterocycles. The summed E-state index contributed by atoms with van der Waals surface area (Å²) in [6.07, 6.45) is 0.592. The predicted octanol–water partition coefficient (Wildman–Crippen LogP) is 0.944. The molecule has 0 aromatic heterocycles. The summed E-state index contributed by atoms with van der Waals surface area (Å²) in [7, 11) is 0. The molecule has 0 aliphatic carbocycles. The van der Waals surface area contributed by atoms with Crippen molar-refractivity contribution in [1.29, 1.82) is 0 Å². The third kappa shape index (κ3) is 7.43. The number of rotatable bonds is 10. The fraction of sp³-hybridized carbons (Fsp3) is 0.600. The molecule has 0 fully saturated rings. The van der Waals surface area contributed by atoms with Crippen LogP contribution in [0.4, 0.5) is 4.39 Å². The fourth-order valence-electron chi connectivity index (χ4n) is 1.67. The second kappa shape index (κ2) is 9.69. The Bertz CT molecular complexity index is 374. The van der Waals surface area contributed by atoms with E-state index in [1.54, 1.807) is 18.2 Å². The van der Waals surface area contributed by atoms with E-state index in [1.807, 2.05) is 19.2 Å². The van der Waals surface area contributed by atoms with Crippen molar-refractivity contribution in [2.75, 3.05) is 26.3 Å². The Morgan fingerprint density at radius 3 is 2.75 bits per heavy atom. The van der Waals surface area contributed by atoms with Gasteiger partial charge in [0.15, 0.2) is 11.6 Å². The number of quaternary nitrogens is 1. The number of hydrogen-bond acceptors (Lipinski definition) is 3. The lowest BCUT2D eigenvalue weighted by molar-refractivity contribution is -0.661. The van der Waals surface area contributed by atoms with E-state index in [0.29, 0.717) is 6.54 Å². The van der Waals surface area contributed by atoms with Gasteiger partial charge in [-0.2, -0.15) is 0 Å². The highest BCUT2D eigenvalue weighted by Gasteiger charge is 2.09. The maximum absolute atomic E-state index is 13.3. The Kier molecular flexibility index (Phi) is 8.18. The van der Waals surface area contributed by atoms with Gasteiger partial charge in [-0.3, -0.25) is 0 Å². The number of benzene rings is 1. The summed E-state index contributed by atoms with van der Waals surface area (Å²) < 4.78 is 23.9. The Morgan fingerprint density at radius 1 is 1.30 bits per heavy atom. The number of nitrogens with two attached hydrogens (primary N) is 1. The van der Waals surface area contributed by atoms with Crippen LogP contribution in [0.1, 0.15) is 20.3 Å². The third-order valence-corrected chi connectivity index (χ3v) is 2.71. The summed E-state index contributed by atoms with van der Waals surface area (Å²) in [6, 6.07) is 6.19. The van der Waals surface area contributed by atoms with E-state index in [2.05, 4.69) is 0 Å². The van der Waals surface area contributed by atoms with Crippen LogP contribution < -0.4 is 10.1 Å². The van der Waals surface area contributed by atoms with Gasteiger partial charge in [-0.15, -0.1) is 0 Å². The first-order chi connectivity index (χ1) is 9.59. The maximum Gasteiger partial charge on any atom is 0.165 e. The molecule has 0 unspecified atom stereocenters. The smallest absolute Gasteiger partial charge is 0.165 e. The molecule has 0 amide bonds. The van der Waals surface area contributed by atoms with Crippen LogP contribution in [0.5, 0.6) is 5.75 Å². The van der Waals surface area contributed by atoms with Gasteiger partial charge in [0, 0.05) is 6.42 Å². The highest BCUT2D eigenvalue weighted by Crippen LogP contribution is 2.15. The van der Waals surface area contributed by atoms with Gasteiger partial charge in [-0.25, -0.2) is 4.39 Å². The number of aliphatic hydroxyl groups excluding tert-OH is 1. The second-order valence-electron chi connectivity index (χ2n) is 4.98. The fourth-order valence-corrected chi connectivity index (χ4v) is 1.67. The average Bonchev–Trinajstić information content (AvgIpc) is 2.41. The van der Waals surface area contributed by atoms with Crippen molar-refractivity contribution in [1.82, 2.24) is 0 Å². The first-order valence-corrected chi connectivity index (χ1v) is 7.08. The average molecular weight is 286 g/mol. The zero-order valence-electron chi connectivity index (χ0n) is 12.2. The van der Waals surface area contributed by atoms with Gasteiger partial charge >= 0.3 is 0 Å². The van der Waals surface area contributed by atoms with Gasteiger partial charge in [0.1, 0.15) is 19.3 Å². The molecular formula is C15H25FNO3+. The van der Waals surface area contributed by atoms with Gasteiger partial charge in [0.2, 0.25) is 0 Å². The highest BCUT2D eigenvalue weighted by molar-refractivity contribution is 5.23. The molecule has 0 saturated heterocycles. The monoisotopic (exact) mass is 286 g/mol. The van der Waals surface area contributed by atoms with Crippen LogP contribution in [0.3, 0.4) is 0 Å². The first-order valence-electron chi connectivity index (χ1n) is 7.08. The number of ether oxygens (including phenoxy) is 2. The van der Waals surface area contributed by atoms with E-state index in [-0.39, 0.29) is 18.5 Å². The molecule has 5 heteroatoms. The first kappa shape index (κ1) is 16.9. The largest absolute Gasteiger partial charge is 0.488 e. The minimum absolute atomic E-state index is 0.0972. The van der Waals surface area contributed by atoms with Crippen molar-refractivity contribution in [2.24, 2.45) is 0 Å². The van der Waals surface area contributed by atoms with Crippen molar-refractivity contribution in [3.05, 3.63) is 30.1 Å². The van der Waals surface area contributed by atoms with Gasteiger partial charge < -0.3 is 19.9 Å². The minimum atomic E-state index is -0.611. The molecule has 1 atom stereocenters. The van der Waals surface area contributed by atoms with Crippen LogP contribution in [0.25, 0.3) is 0 Å². The predicted molar refractivity (Wildman–Crippen MR) is 75.3 cm³/mol. The van der Waals surface area contributed by atoms with Crippen LogP contribution in [0.15, 0.2) is 24.3 Å². The summed E-state index contributed by atoms with van der Waals surface area (Å²) in [5.41, 5.74) is 0. The quantitative estimate of drug-likeness (QED) is 0.630. The van der Waals surface area contributed by atoms with Crippen molar-refractivity contribution in [3.63, 3.8) is 0 Å². The van der Waals surface area contributed by atoms with Crippen molar-refractivity contribution >= 4 is 0 Å². The van der Waals surface area contributed by atoms with E-state index in [4.69, 9.17) is 9.47 Å². The molecule has 1 aromatic rings. The van der Waals surface area contributed by atoms with E-state index in [9.17, 15) is 9.50 Å². The normalized spacial score (nSPS) is 12.7. The molecule has 0 bridgehead atoms. The zero-order valence-corrected chi connectivity index (χ0v) is 12.2. The molecule has 4 nitrogen and oxygen atoms in total. The number of aliphatic hydroxyl groups is 1. The standard InChI is InChI=1S/C15H24FNO3/c1-12(2)19-9-5-8-17-10-13(18)11-20-15-7-4-3-6-14(15)16/h3-4,6-7,12-13,17-18H,5,8-11H2,1-2H3/p+1/t13-/m0/s1. The molecular weight excluding hydrogens is 261 g/mol. The molecule has 3 N–H and O–H groups in total. The number of halogens is 1. The van der Waals surface area contributed by atoms with Crippen molar-refractivity contribution < 1.29 is 24.3 Å². The van der Waals surface area contributed by atoms with Gasteiger partial charge in [0.05, 0.1) is 19.3 Å². The second-order valence-corrected chi connectivity index (χ2v) is 4.98. The van der Waals surface area contributed by atoms with Gasteiger partial charge in [-0.1, -0.05) is 12.1 Å². The Balaban J connectivity index is 2.06. The molecule has 20 heavy (non-hydrogen) atoms. The SMILES string of the molecule is CC(C)OCCC[NH2+]C[C@H](O)COc1ccccc1F. The Morgan fingerprint density at radius 2 is 2.05 bits per heavy atom. The zero-order chi connectivity index (χ0) is 14.8. The Labute approximate surface area is 119 Å². The molecule has 0 aliphatic rings. The van der Waals surface area contributed by atoms with Crippen molar-refractivity contribution in [3.8, 4) is 5.75 Å². The lowest BCUT2D eigenvalue weighted by Crippen LogP contribution is -2.86. The van der Waals surface area contributed by atoms with E-state index in [0.717, 1.165) is 19.6 Å². The summed E-state index contributed by atoms with van der Waals surface area (Å²) in [5, 5.41) is 11.7. The van der Waals surface area contributed by atoms with Crippen LogP contribution in [0, 0.1) is 5.82 Å². The molecule has 0 heterocycles. The highest BCUT2D eigenvalue weighted by atomic mass is 19.1. The van der Waals surface area contributed by atoms with Gasteiger partial charge in [-0.05, 0) is 26.0 Å². The van der Waals surface area contributed by atoms with Gasteiger partial charge in [0.25, 0.3) is 0 Å². The summed E-state index contributed by atoms with van der Waals surface area (Å²) in [5.74, 6) is -0.230. The minimum Gasteiger partial charge on any atom is -0.488 e. The van der Waals surface area contributed by atoms with Crippen LogP contribution in [-0.2, 0) is 4.74 Å². The van der Waals surface area contributed by atoms with Crippen LogP contribution >= 0.6 is 0 Å². The van der Waals surface area contributed by atoms with Crippen LogP contribution in [-0.4, -0.2) is 43.6 Å². The maximum atomic E-state index is 13.3. The lowest BCUT2D eigenvalue weighted by atomic mass is 10.3. The van der Waals surface area contributed by atoms with E-state index >= 15 is 0 Å². The molecule has 0 radical (unpaired) electrons. The summed E-state index contributed by atoms with van der Waals surface area (Å²) in [6.45, 7) is 6.27. The lowest BCUT2D eigenvalue weighted by Gasteiger charge is -2.12. The van der Waals surface area contributed by atoms with Crippen molar-refractivity contribution in [2.45, 2.75) is 32.5 Å². The summed E-state index contributed by atoms with van der Waals surface area (Å²) >= 11 is 0. The molecule has 1 aromatic carbocycles. The molecule has 0 spiro atoms. The summed E-state index contributed by atoms with van der Waals surface area (Å²) in [4.78, 5) is 0. The van der Waals surface area contributed by atoms with Crippen LogP contribution in [0.2, 0.25) is 0 Å². The third-order valence-electron chi connectivity index (χ3n) is 2.71. The molecule has 0 saturated carbocycles. The number of hydrogen-bond donors (Lipinski definition) is 2. The molecule has 114 valence electrons. The topological polar surface area (TPSA) is 55.3 Å². The number of para-hydroxylation sites is 1. The molecule has 1 rings (SSSR count). The van der Waals surface area contributed by atoms with E-state index < -0.39 is 11.9 Å². The Hall–Kier alpha value is -1.17.